The number of carbonyl (C=O) groups is 1. The van der Waals surface area contributed by atoms with Gasteiger partial charge in [0, 0.05) is 6.54 Å². The lowest BCUT2D eigenvalue weighted by molar-refractivity contribution is 0.0939. The summed E-state index contributed by atoms with van der Waals surface area (Å²) in [6, 6.07) is 13.5. The molecule has 8 nitrogen and oxygen atoms in total. The van der Waals surface area contributed by atoms with Crippen LogP contribution in [0.2, 0.25) is 0 Å². The summed E-state index contributed by atoms with van der Waals surface area (Å²) in [5, 5.41) is 16.1. The summed E-state index contributed by atoms with van der Waals surface area (Å²) in [6.07, 6.45) is 0. The number of carbonyl (C=O) groups excluding carboxylic acids is 1. The molecule has 0 radical (unpaired) electrons. The Kier molecular flexibility index (Phi) is 5.13. The fourth-order valence-electron chi connectivity index (χ4n) is 2.77. The van der Waals surface area contributed by atoms with E-state index in [1.807, 2.05) is 59.3 Å². The highest BCUT2D eigenvalue weighted by molar-refractivity contribution is 7.71. The molecule has 3 heterocycles. The van der Waals surface area contributed by atoms with E-state index in [1.54, 1.807) is 16.0 Å². The quantitative estimate of drug-likeness (QED) is 0.475. The first kappa shape index (κ1) is 18.3. The van der Waals surface area contributed by atoms with Crippen LogP contribution in [-0.4, -0.2) is 35.4 Å². The maximum Gasteiger partial charge on any atom is 0.291 e. The lowest BCUT2D eigenvalue weighted by Gasteiger charge is -2.04. The van der Waals surface area contributed by atoms with Gasteiger partial charge in [-0.15, -0.1) is 16.4 Å². The number of benzene rings is 1. The summed E-state index contributed by atoms with van der Waals surface area (Å²) in [6.45, 7) is 2.87. The monoisotopic (exact) mass is 411 g/mol. The van der Waals surface area contributed by atoms with Crippen LogP contribution in [0, 0.1) is 4.77 Å². The molecule has 0 bridgehead atoms. The summed E-state index contributed by atoms with van der Waals surface area (Å²) >= 11 is 6.71. The average Bonchev–Trinajstić information content (AvgIpc) is 3.46. The smallest absolute Gasteiger partial charge is 0.291 e. The molecular formula is C18H17N7OS2. The molecule has 2 N–H and O–H groups in total. The van der Waals surface area contributed by atoms with E-state index >= 15 is 0 Å². The van der Waals surface area contributed by atoms with Crippen molar-refractivity contribution in [1.29, 1.82) is 0 Å². The van der Waals surface area contributed by atoms with Crippen molar-refractivity contribution in [2.24, 2.45) is 0 Å². The molecule has 1 aromatic carbocycles. The van der Waals surface area contributed by atoms with E-state index < -0.39 is 0 Å². The Morgan fingerprint density at radius 2 is 2.07 bits per heavy atom. The Morgan fingerprint density at radius 1 is 1.25 bits per heavy atom. The van der Waals surface area contributed by atoms with Gasteiger partial charge in [0.2, 0.25) is 5.82 Å². The van der Waals surface area contributed by atoms with Gasteiger partial charge in [-0.1, -0.05) is 24.3 Å². The molecule has 4 rings (SSSR count). The first-order valence-electron chi connectivity index (χ1n) is 8.66. The Labute approximate surface area is 169 Å². The molecular weight excluding hydrogens is 394 g/mol. The van der Waals surface area contributed by atoms with Gasteiger partial charge in [0.25, 0.3) is 5.91 Å². The number of thiophene rings is 1. The number of nitrogens with zero attached hydrogens (tertiary/aromatic N) is 5. The van der Waals surface area contributed by atoms with E-state index in [0.717, 1.165) is 10.6 Å². The van der Waals surface area contributed by atoms with Crippen LogP contribution >= 0.6 is 23.6 Å². The molecule has 0 aliphatic carbocycles. The largest absolute Gasteiger partial charge is 0.342 e. The Bertz CT molecular complexity index is 1140. The fourth-order valence-corrected chi connectivity index (χ4v) is 3.75. The van der Waals surface area contributed by atoms with Crippen LogP contribution in [0.25, 0.3) is 16.4 Å². The lowest BCUT2D eigenvalue weighted by Crippen LogP contribution is -2.26. The van der Waals surface area contributed by atoms with Gasteiger partial charge in [-0.2, -0.15) is 5.10 Å². The molecule has 28 heavy (non-hydrogen) atoms. The number of aromatic nitrogens is 6. The molecule has 0 aliphatic heterocycles. The van der Waals surface area contributed by atoms with Gasteiger partial charge < -0.3 is 9.88 Å². The zero-order valence-electron chi connectivity index (χ0n) is 15.0. The molecule has 0 saturated carbocycles. The molecule has 0 unspecified atom stereocenters. The van der Waals surface area contributed by atoms with E-state index in [1.165, 1.54) is 0 Å². The number of hydrogen-bond donors (Lipinski definition) is 2. The van der Waals surface area contributed by atoms with Crippen LogP contribution in [0.3, 0.4) is 0 Å². The number of hydrogen-bond acceptors (Lipinski definition) is 6. The number of para-hydroxylation sites is 1. The molecule has 10 heteroatoms. The van der Waals surface area contributed by atoms with Gasteiger partial charge in [-0.3, -0.25) is 9.89 Å². The standard InChI is InChI=1S/C18H17N7OS2/c1-2-24-14(21-22-18(24)27)11-19-17(26)15-20-16(13-9-6-10-28-13)25(23-15)12-7-4-3-5-8-12/h3-10H,2,11H2,1H3,(H,19,26)(H,22,27). The predicted octanol–water partition coefficient (Wildman–Crippen LogP) is 3.20. The molecule has 0 saturated heterocycles. The highest BCUT2D eigenvalue weighted by Crippen LogP contribution is 2.25. The van der Waals surface area contributed by atoms with Crippen molar-refractivity contribution in [3.8, 4) is 16.4 Å². The van der Waals surface area contributed by atoms with Crippen molar-refractivity contribution in [2.45, 2.75) is 20.0 Å². The topological polar surface area (TPSA) is 93.4 Å². The van der Waals surface area contributed by atoms with Crippen LogP contribution in [0.1, 0.15) is 23.4 Å². The van der Waals surface area contributed by atoms with Gasteiger partial charge in [0.1, 0.15) is 0 Å². The molecule has 0 spiro atoms. The zero-order chi connectivity index (χ0) is 19.5. The second kappa shape index (κ2) is 7.87. The van der Waals surface area contributed by atoms with E-state index in [4.69, 9.17) is 12.2 Å². The minimum Gasteiger partial charge on any atom is -0.342 e. The van der Waals surface area contributed by atoms with Crippen molar-refractivity contribution < 1.29 is 4.79 Å². The first-order chi connectivity index (χ1) is 13.7. The highest BCUT2D eigenvalue weighted by Gasteiger charge is 2.19. The predicted molar refractivity (Wildman–Crippen MR) is 109 cm³/mol. The summed E-state index contributed by atoms with van der Waals surface area (Å²) < 4.78 is 4.03. The molecule has 0 aliphatic rings. The fraction of sp³-hybridized carbons (Fsp3) is 0.167. The maximum atomic E-state index is 12.7. The molecule has 0 fully saturated rings. The zero-order valence-corrected chi connectivity index (χ0v) is 16.6. The van der Waals surface area contributed by atoms with Gasteiger partial charge in [-0.25, -0.2) is 9.67 Å². The molecule has 0 atom stereocenters. The summed E-state index contributed by atoms with van der Waals surface area (Å²) in [5.41, 5.74) is 0.837. The number of amides is 1. The lowest BCUT2D eigenvalue weighted by atomic mass is 10.3. The Hall–Kier alpha value is -3.11. The molecule has 142 valence electrons. The third-order valence-electron chi connectivity index (χ3n) is 4.11. The van der Waals surface area contributed by atoms with Gasteiger partial charge in [0.05, 0.1) is 17.1 Å². The second-order valence-electron chi connectivity index (χ2n) is 5.86. The average molecular weight is 412 g/mol. The second-order valence-corrected chi connectivity index (χ2v) is 7.19. The number of rotatable bonds is 6. The van der Waals surface area contributed by atoms with Crippen LogP contribution in [0.4, 0.5) is 0 Å². The number of aromatic amines is 1. The van der Waals surface area contributed by atoms with Crippen molar-refractivity contribution in [3.63, 3.8) is 0 Å². The summed E-state index contributed by atoms with van der Waals surface area (Å²) in [5.74, 6) is 1.01. The van der Waals surface area contributed by atoms with Gasteiger partial charge in [0.15, 0.2) is 16.4 Å². The van der Waals surface area contributed by atoms with Crippen LogP contribution in [0.5, 0.6) is 0 Å². The van der Waals surface area contributed by atoms with E-state index in [-0.39, 0.29) is 18.3 Å². The summed E-state index contributed by atoms with van der Waals surface area (Å²) in [4.78, 5) is 18.1. The van der Waals surface area contributed by atoms with Crippen molar-refractivity contribution in [2.75, 3.05) is 0 Å². The summed E-state index contributed by atoms with van der Waals surface area (Å²) in [7, 11) is 0. The third-order valence-corrected chi connectivity index (χ3v) is 5.29. The van der Waals surface area contributed by atoms with Crippen molar-refractivity contribution >= 4 is 29.5 Å². The molecule has 4 aromatic rings. The molecule has 1 amide bonds. The number of H-pyrrole nitrogens is 1. The highest BCUT2D eigenvalue weighted by atomic mass is 32.1. The SMILES string of the molecule is CCn1c(CNC(=O)c2nc(-c3cccs3)n(-c3ccccc3)n2)n[nH]c1=S. The van der Waals surface area contributed by atoms with Crippen LogP contribution in [0.15, 0.2) is 47.8 Å². The van der Waals surface area contributed by atoms with E-state index in [0.29, 0.717) is 23.0 Å². The van der Waals surface area contributed by atoms with Crippen molar-refractivity contribution in [1.82, 2.24) is 34.8 Å². The normalized spacial score (nSPS) is 10.9. The molecule has 3 aromatic heterocycles. The van der Waals surface area contributed by atoms with E-state index in [9.17, 15) is 4.79 Å². The minimum absolute atomic E-state index is 0.101. The Balaban J connectivity index is 1.62. The maximum absolute atomic E-state index is 12.7. The Morgan fingerprint density at radius 3 is 2.79 bits per heavy atom. The van der Waals surface area contributed by atoms with Gasteiger partial charge in [-0.05, 0) is 42.7 Å². The van der Waals surface area contributed by atoms with E-state index in [2.05, 4.69) is 25.6 Å². The first-order valence-corrected chi connectivity index (χ1v) is 9.94. The van der Waals surface area contributed by atoms with Crippen molar-refractivity contribution in [3.05, 3.63) is 64.3 Å². The third kappa shape index (κ3) is 3.51. The minimum atomic E-state index is -0.371. The number of nitrogens with one attached hydrogen (secondary N) is 2. The van der Waals surface area contributed by atoms with Crippen LogP contribution in [-0.2, 0) is 13.1 Å². The van der Waals surface area contributed by atoms with Gasteiger partial charge >= 0.3 is 0 Å². The van der Waals surface area contributed by atoms with Crippen LogP contribution < -0.4 is 5.32 Å².